The van der Waals surface area contributed by atoms with Crippen molar-refractivity contribution in [3.8, 4) is 0 Å². The third-order valence-electron chi connectivity index (χ3n) is 3.49. The van der Waals surface area contributed by atoms with E-state index in [-0.39, 0.29) is 12.1 Å². The van der Waals surface area contributed by atoms with Crippen molar-refractivity contribution >= 4 is 23.2 Å². The van der Waals surface area contributed by atoms with Crippen LogP contribution < -0.4 is 5.32 Å². The molecule has 0 aromatic heterocycles. The van der Waals surface area contributed by atoms with Crippen molar-refractivity contribution in [3.05, 3.63) is 33.8 Å². The Hall–Kier alpha value is -0.280. The molecule has 0 spiro atoms. The Morgan fingerprint density at radius 2 is 2.21 bits per heavy atom. The van der Waals surface area contributed by atoms with Crippen molar-refractivity contribution in [1.82, 2.24) is 5.32 Å². The van der Waals surface area contributed by atoms with Crippen molar-refractivity contribution in [2.45, 2.75) is 44.8 Å². The van der Waals surface area contributed by atoms with E-state index in [2.05, 4.69) is 12.2 Å². The van der Waals surface area contributed by atoms with E-state index < -0.39 is 0 Å². The predicted octanol–water partition coefficient (Wildman–Crippen LogP) is 4.60. The highest BCUT2D eigenvalue weighted by molar-refractivity contribution is 6.33. The van der Waals surface area contributed by atoms with Crippen molar-refractivity contribution in [2.24, 2.45) is 0 Å². The van der Waals surface area contributed by atoms with E-state index in [9.17, 15) is 0 Å². The van der Waals surface area contributed by atoms with Gasteiger partial charge in [0.05, 0.1) is 12.1 Å². The van der Waals surface area contributed by atoms with Crippen LogP contribution in [-0.4, -0.2) is 19.3 Å². The van der Waals surface area contributed by atoms with Gasteiger partial charge >= 0.3 is 0 Å². The van der Waals surface area contributed by atoms with E-state index in [4.69, 9.17) is 27.9 Å². The highest BCUT2D eigenvalue weighted by Gasteiger charge is 2.27. The van der Waals surface area contributed by atoms with Crippen LogP contribution >= 0.6 is 23.2 Å². The fourth-order valence-electron chi connectivity index (χ4n) is 2.52. The van der Waals surface area contributed by atoms with E-state index in [1.54, 1.807) is 0 Å². The predicted molar refractivity (Wildman–Crippen MR) is 81.1 cm³/mol. The van der Waals surface area contributed by atoms with Crippen molar-refractivity contribution < 1.29 is 4.74 Å². The monoisotopic (exact) mass is 301 g/mol. The first-order chi connectivity index (χ1) is 9.22. The van der Waals surface area contributed by atoms with Crippen molar-refractivity contribution in [3.63, 3.8) is 0 Å². The van der Waals surface area contributed by atoms with Crippen LogP contribution in [0.3, 0.4) is 0 Å². The van der Waals surface area contributed by atoms with Crippen LogP contribution in [0.5, 0.6) is 0 Å². The second-order valence-corrected chi connectivity index (χ2v) is 5.85. The second kappa shape index (κ2) is 7.49. The maximum Gasteiger partial charge on any atom is 0.0770 e. The van der Waals surface area contributed by atoms with Gasteiger partial charge < -0.3 is 10.1 Å². The number of halogens is 2. The summed E-state index contributed by atoms with van der Waals surface area (Å²) in [6, 6.07) is 5.77. The molecule has 1 heterocycles. The number of nitrogens with one attached hydrogen (secondary N) is 1. The summed E-state index contributed by atoms with van der Waals surface area (Å²) in [5.41, 5.74) is 1.05. The molecule has 1 N–H and O–H groups in total. The summed E-state index contributed by atoms with van der Waals surface area (Å²) in [7, 11) is 0. The number of ether oxygens (including phenoxy) is 1. The minimum Gasteiger partial charge on any atom is -0.376 e. The van der Waals surface area contributed by atoms with Gasteiger partial charge in [-0.25, -0.2) is 0 Å². The third-order valence-corrected chi connectivity index (χ3v) is 4.07. The normalized spacial score (nSPS) is 21.3. The zero-order valence-corrected chi connectivity index (χ0v) is 12.8. The Kier molecular flexibility index (Phi) is 5.96. The van der Waals surface area contributed by atoms with Gasteiger partial charge in [-0.05, 0) is 56.0 Å². The smallest absolute Gasteiger partial charge is 0.0770 e. The van der Waals surface area contributed by atoms with Crippen LogP contribution in [0, 0.1) is 0 Å². The first kappa shape index (κ1) is 15.1. The van der Waals surface area contributed by atoms with E-state index in [1.165, 1.54) is 6.42 Å². The Balaban J connectivity index is 2.22. The summed E-state index contributed by atoms with van der Waals surface area (Å²) in [5.74, 6) is 0. The summed E-state index contributed by atoms with van der Waals surface area (Å²) < 4.78 is 5.92. The number of hydrogen-bond donors (Lipinski definition) is 1. The van der Waals surface area contributed by atoms with Gasteiger partial charge in [0.2, 0.25) is 0 Å². The van der Waals surface area contributed by atoms with E-state index in [0.29, 0.717) is 0 Å². The SMILES string of the molecule is CCCNC(c1cc(Cl)ccc1Cl)C1CCCCO1. The molecule has 2 unspecified atom stereocenters. The van der Waals surface area contributed by atoms with Crippen molar-refractivity contribution in [2.75, 3.05) is 13.2 Å². The molecule has 1 aliphatic rings. The Bertz CT molecular complexity index is 405. The minimum absolute atomic E-state index is 0.131. The summed E-state index contributed by atoms with van der Waals surface area (Å²) in [4.78, 5) is 0. The van der Waals surface area contributed by atoms with Crippen LogP contribution in [0.4, 0.5) is 0 Å². The first-order valence-corrected chi connectivity index (χ1v) is 7.78. The number of hydrogen-bond acceptors (Lipinski definition) is 2. The average Bonchev–Trinajstić information content (AvgIpc) is 2.44. The molecule has 4 heteroatoms. The lowest BCUT2D eigenvalue weighted by Gasteiger charge is -2.32. The highest BCUT2D eigenvalue weighted by atomic mass is 35.5. The van der Waals surface area contributed by atoms with Gasteiger partial charge in [-0.3, -0.25) is 0 Å². The number of benzene rings is 1. The molecular weight excluding hydrogens is 281 g/mol. The summed E-state index contributed by atoms with van der Waals surface area (Å²) in [6.07, 6.45) is 4.72. The van der Waals surface area contributed by atoms with Crippen LogP contribution in [-0.2, 0) is 4.74 Å². The average molecular weight is 302 g/mol. The second-order valence-electron chi connectivity index (χ2n) is 5.00. The van der Waals surface area contributed by atoms with E-state index in [1.807, 2.05) is 18.2 Å². The summed E-state index contributed by atoms with van der Waals surface area (Å²) in [5, 5.41) is 5.03. The quantitative estimate of drug-likeness (QED) is 0.858. The molecule has 106 valence electrons. The van der Waals surface area contributed by atoms with Gasteiger partial charge in [0.15, 0.2) is 0 Å². The van der Waals surface area contributed by atoms with Crippen LogP contribution in [0.25, 0.3) is 0 Å². The third kappa shape index (κ3) is 4.09. The molecule has 0 saturated carbocycles. The minimum atomic E-state index is 0.131. The molecule has 2 atom stereocenters. The molecule has 1 fully saturated rings. The molecule has 1 aromatic rings. The zero-order chi connectivity index (χ0) is 13.7. The molecule has 0 aliphatic carbocycles. The lowest BCUT2D eigenvalue weighted by molar-refractivity contribution is -0.00813. The summed E-state index contributed by atoms with van der Waals surface area (Å²) >= 11 is 12.4. The molecule has 0 radical (unpaired) electrons. The first-order valence-electron chi connectivity index (χ1n) is 7.02. The molecule has 2 rings (SSSR count). The largest absolute Gasteiger partial charge is 0.376 e. The fraction of sp³-hybridized carbons (Fsp3) is 0.600. The van der Waals surface area contributed by atoms with Gasteiger partial charge in [0.25, 0.3) is 0 Å². The zero-order valence-electron chi connectivity index (χ0n) is 11.3. The van der Waals surface area contributed by atoms with Crippen LogP contribution in [0.1, 0.15) is 44.2 Å². The topological polar surface area (TPSA) is 21.3 Å². The molecule has 0 bridgehead atoms. The maximum atomic E-state index is 6.33. The highest BCUT2D eigenvalue weighted by Crippen LogP contribution is 2.32. The molecule has 19 heavy (non-hydrogen) atoms. The summed E-state index contributed by atoms with van der Waals surface area (Å²) in [6.45, 7) is 3.95. The van der Waals surface area contributed by atoms with Crippen LogP contribution in [0.2, 0.25) is 10.0 Å². The van der Waals surface area contributed by atoms with Gasteiger partial charge in [0.1, 0.15) is 0 Å². The molecule has 0 amide bonds. The molecule has 1 aliphatic heterocycles. The molecule has 2 nitrogen and oxygen atoms in total. The lowest BCUT2D eigenvalue weighted by Crippen LogP contribution is -2.36. The molecule has 1 aromatic carbocycles. The van der Waals surface area contributed by atoms with Gasteiger partial charge in [-0.1, -0.05) is 30.1 Å². The van der Waals surface area contributed by atoms with Gasteiger partial charge in [0, 0.05) is 16.7 Å². The Morgan fingerprint density at radius 3 is 2.89 bits per heavy atom. The van der Waals surface area contributed by atoms with Crippen LogP contribution in [0.15, 0.2) is 18.2 Å². The van der Waals surface area contributed by atoms with Gasteiger partial charge in [-0.2, -0.15) is 0 Å². The standard InChI is InChI=1S/C15H21Cl2NO/c1-2-8-18-15(14-5-3-4-9-19-14)12-10-11(16)6-7-13(12)17/h6-7,10,14-15,18H,2-5,8-9H2,1H3. The maximum absolute atomic E-state index is 6.33. The van der Waals surface area contributed by atoms with E-state index in [0.717, 1.165) is 48.0 Å². The Morgan fingerprint density at radius 1 is 1.37 bits per heavy atom. The molecule has 1 saturated heterocycles. The Labute approximate surface area is 125 Å². The van der Waals surface area contributed by atoms with E-state index >= 15 is 0 Å². The van der Waals surface area contributed by atoms with Crippen molar-refractivity contribution in [1.29, 1.82) is 0 Å². The fourth-order valence-corrected chi connectivity index (χ4v) is 2.94. The molecular formula is C15H21Cl2NO. The van der Waals surface area contributed by atoms with Gasteiger partial charge in [-0.15, -0.1) is 0 Å². The lowest BCUT2D eigenvalue weighted by atomic mass is 9.95. The number of rotatable bonds is 5.